The van der Waals surface area contributed by atoms with Gasteiger partial charge in [0.05, 0.1) is 5.02 Å². The number of rotatable bonds is 4. The number of aromatic nitrogens is 1. The molecule has 0 fully saturated rings. The van der Waals surface area contributed by atoms with Crippen LogP contribution in [0.3, 0.4) is 0 Å². The van der Waals surface area contributed by atoms with Crippen molar-refractivity contribution >= 4 is 40.0 Å². The van der Waals surface area contributed by atoms with Crippen LogP contribution in [0.2, 0.25) is 10.0 Å². The molecule has 0 unspecified atom stereocenters. The lowest BCUT2D eigenvalue weighted by Gasteiger charge is -2.07. The zero-order chi connectivity index (χ0) is 14.8. The Morgan fingerprint density at radius 1 is 1.19 bits per heavy atom. The number of hydrogen-bond donors (Lipinski definition) is 1. The highest BCUT2D eigenvalue weighted by atomic mass is 35.5. The first-order valence-corrected chi connectivity index (χ1v) is 7.43. The number of halogens is 2. The van der Waals surface area contributed by atoms with Gasteiger partial charge < -0.3 is 9.73 Å². The van der Waals surface area contributed by atoms with Crippen LogP contribution < -0.4 is 5.32 Å². The van der Waals surface area contributed by atoms with Crippen molar-refractivity contribution in [3.8, 4) is 0 Å². The first kappa shape index (κ1) is 14.2. The van der Waals surface area contributed by atoms with Crippen molar-refractivity contribution in [3.63, 3.8) is 0 Å². The molecule has 2 aromatic carbocycles. The summed E-state index contributed by atoms with van der Waals surface area (Å²) in [5.74, 6) is 0.648. The van der Waals surface area contributed by atoms with Crippen molar-refractivity contribution in [3.05, 3.63) is 57.9 Å². The number of hydrogen-bond acceptors (Lipinski definition) is 3. The second-order valence-corrected chi connectivity index (χ2v) is 5.68. The number of anilines is 1. The molecule has 0 amide bonds. The van der Waals surface area contributed by atoms with Gasteiger partial charge in [-0.2, -0.15) is 0 Å². The molecule has 108 valence electrons. The van der Waals surface area contributed by atoms with Crippen LogP contribution in [0.15, 0.2) is 40.8 Å². The van der Waals surface area contributed by atoms with Crippen molar-refractivity contribution < 1.29 is 4.42 Å². The average Bonchev–Trinajstić information content (AvgIpc) is 2.84. The summed E-state index contributed by atoms with van der Waals surface area (Å²) in [6.45, 7) is 2.81. The molecular formula is C16H14Cl2N2O. The van der Waals surface area contributed by atoms with Gasteiger partial charge in [0.15, 0.2) is 11.5 Å². The Hall–Kier alpha value is -1.71. The Morgan fingerprint density at radius 2 is 2.00 bits per heavy atom. The fourth-order valence-electron chi connectivity index (χ4n) is 2.19. The quantitative estimate of drug-likeness (QED) is 0.727. The standard InChI is InChI=1S/C16H14Cl2N2O/c1-10-4-2-3-5-13(10)19-7-6-15-20-14-9-11(17)8-12(18)16(14)21-15/h2-5,8-9,19H,6-7H2,1H3. The molecule has 0 aliphatic rings. The first-order chi connectivity index (χ1) is 10.1. The molecule has 0 saturated heterocycles. The Kier molecular flexibility index (Phi) is 4.04. The van der Waals surface area contributed by atoms with E-state index in [2.05, 4.69) is 29.4 Å². The summed E-state index contributed by atoms with van der Waals surface area (Å²) >= 11 is 12.0. The second kappa shape index (κ2) is 5.96. The maximum Gasteiger partial charge on any atom is 0.197 e. The van der Waals surface area contributed by atoms with E-state index in [1.807, 2.05) is 12.1 Å². The van der Waals surface area contributed by atoms with Crippen LogP contribution in [0.4, 0.5) is 5.69 Å². The molecule has 5 heteroatoms. The third-order valence-electron chi connectivity index (χ3n) is 3.25. The van der Waals surface area contributed by atoms with Crippen molar-refractivity contribution in [1.82, 2.24) is 4.98 Å². The van der Waals surface area contributed by atoms with Gasteiger partial charge in [-0.3, -0.25) is 0 Å². The molecule has 0 radical (unpaired) electrons. The Morgan fingerprint density at radius 3 is 2.81 bits per heavy atom. The highest BCUT2D eigenvalue weighted by Gasteiger charge is 2.10. The van der Waals surface area contributed by atoms with Crippen LogP contribution >= 0.6 is 23.2 Å². The maximum absolute atomic E-state index is 6.09. The highest BCUT2D eigenvalue weighted by molar-refractivity contribution is 6.37. The minimum atomic E-state index is 0.489. The zero-order valence-corrected chi connectivity index (χ0v) is 13.0. The molecule has 0 saturated carbocycles. The Labute approximate surface area is 132 Å². The average molecular weight is 321 g/mol. The first-order valence-electron chi connectivity index (χ1n) is 6.67. The van der Waals surface area contributed by atoms with Crippen LogP contribution in [0.5, 0.6) is 0 Å². The minimum Gasteiger partial charge on any atom is -0.439 e. The van der Waals surface area contributed by atoms with Crippen LogP contribution in [-0.4, -0.2) is 11.5 Å². The van der Waals surface area contributed by atoms with Crippen LogP contribution in [0.1, 0.15) is 11.5 Å². The van der Waals surface area contributed by atoms with E-state index in [1.165, 1.54) is 5.56 Å². The van der Waals surface area contributed by atoms with Gasteiger partial charge in [-0.25, -0.2) is 4.98 Å². The smallest absolute Gasteiger partial charge is 0.197 e. The highest BCUT2D eigenvalue weighted by Crippen LogP contribution is 2.28. The van der Waals surface area contributed by atoms with E-state index in [4.69, 9.17) is 27.6 Å². The van der Waals surface area contributed by atoms with E-state index in [9.17, 15) is 0 Å². The van der Waals surface area contributed by atoms with E-state index in [1.54, 1.807) is 12.1 Å². The molecule has 0 aliphatic heterocycles. The fourth-order valence-corrected chi connectivity index (χ4v) is 2.71. The van der Waals surface area contributed by atoms with Crippen LogP contribution in [0, 0.1) is 6.92 Å². The lowest BCUT2D eigenvalue weighted by molar-refractivity contribution is 0.534. The van der Waals surface area contributed by atoms with Gasteiger partial charge in [-0.15, -0.1) is 0 Å². The third-order valence-corrected chi connectivity index (χ3v) is 3.75. The summed E-state index contributed by atoms with van der Waals surface area (Å²) in [4.78, 5) is 4.41. The molecule has 1 N–H and O–H groups in total. The van der Waals surface area contributed by atoms with Gasteiger partial charge in [0, 0.05) is 23.7 Å². The molecule has 0 aliphatic carbocycles. The van der Waals surface area contributed by atoms with Crippen molar-refractivity contribution in [2.75, 3.05) is 11.9 Å². The van der Waals surface area contributed by atoms with Gasteiger partial charge in [0.2, 0.25) is 0 Å². The minimum absolute atomic E-state index is 0.489. The monoisotopic (exact) mass is 320 g/mol. The summed E-state index contributed by atoms with van der Waals surface area (Å²) in [7, 11) is 0. The summed E-state index contributed by atoms with van der Waals surface area (Å²) < 4.78 is 5.68. The molecule has 3 rings (SSSR count). The fraction of sp³-hybridized carbons (Fsp3) is 0.188. The summed E-state index contributed by atoms with van der Waals surface area (Å²) in [5.41, 5.74) is 3.62. The molecular weight excluding hydrogens is 307 g/mol. The molecule has 0 atom stereocenters. The van der Waals surface area contributed by atoms with Gasteiger partial charge in [-0.1, -0.05) is 41.4 Å². The Balaban J connectivity index is 1.71. The molecule has 1 aromatic heterocycles. The van der Waals surface area contributed by atoms with Gasteiger partial charge in [0.1, 0.15) is 5.52 Å². The lowest BCUT2D eigenvalue weighted by Crippen LogP contribution is -2.05. The number of nitrogens with zero attached hydrogens (tertiary/aromatic N) is 1. The third kappa shape index (κ3) is 3.14. The molecule has 0 spiro atoms. The molecule has 1 heterocycles. The topological polar surface area (TPSA) is 38.1 Å². The van der Waals surface area contributed by atoms with E-state index >= 15 is 0 Å². The Bertz CT molecular complexity index is 783. The zero-order valence-electron chi connectivity index (χ0n) is 11.5. The van der Waals surface area contributed by atoms with E-state index < -0.39 is 0 Å². The molecule has 0 bridgehead atoms. The maximum atomic E-state index is 6.09. The van der Waals surface area contributed by atoms with Crippen molar-refractivity contribution in [1.29, 1.82) is 0 Å². The number of para-hydroxylation sites is 1. The lowest BCUT2D eigenvalue weighted by atomic mass is 10.2. The van der Waals surface area contributed by atoms with Crippen molar-refractivity contribution in [2.45, 2.75) is 13.3 Å². The summed E-state index contributed by atoms with van der Waals surface area (Å²) in [6, 6.07) is 11.6. The van der Waals surface area contributed by atoms with E-state index in [-0.39, 0.29) is 0 Å². The number of fused-ring (bicyclic) bond motifs is 1. The molecule has 3 nitrogen and oxygen atoms in total. The number of aryl methyl sites for hydroxylation is 1. The number of oxazole rings is 1. The summed E-state index contributed by atoms with van der Waals surface area (Å²) in [5, 5.41) is 4.42. The van der Waals surface area contributed by atoms with E-state index in [0.29, 0.717) is 33.5 Å². The largest absolute Gasteiger partial charge is 0.439 e. The van der Waals surface area contributed by atoms with Crippen LogP contribution in [0.25, 0.3) is 11.1 Å². The van der Waals surface area contributed by atoms with Crippen LogP contribution in [-0.2, 0) is 6.42 Å². The second-order valence-electron chi connectivity index (χ2n) is 4.84. The van der Waals surface area contributed by atoms with E-state index in [0.717, 1.165) is 12.2 Å². The predicted octanol–water partition coefficient (Wildman–Crippen LogP) is 5.10. The predicted molar refractivity (Wildman–Crippen MR) is 87.4 cm³/mol. The van der Waals surface area contributed by atoms with Gasteiger partial charge >= 0.3 is 0 Å². The van der Waals surface area contributed by atoms with Crippen molar-refractivity contribution in [2.24, 2.45) is 0 Å². The molecule has 3 aromatic rings. The number of benzene rings is 2. The normalized spacial score (nSPS) is 11.0. The SMILES string of the molecule is Cc1ccccc1NCCc1nc2cc(Cl)cc(Cl)c2o1. The molecule has 21 heavy (non-hydrogen) atoms. The van der Waals surface area contributed by atoms with Gasteiger partial charge in [0.25, 0.3) is 0 Å². The summed E-state index contributed by atoms with van der Waals surface area (Å²) in [6.07, 6.45) is 0.678. The number of nitrogens with one attached hydrogen (secondary N) is 1. The van der Waals surface area contributed by atoms with Gasteiger partial charge in [-0.05, 0) is 30.7 Å².